The molecule has 1 saturated heterocycles. The Morgan fingerprint density at radius 3 is 2.77 bits per heavy atom. The third-order valence-electron chi connectivity index (χ3n) is 5.46. The molecular weight excluding hydrogens is 394 g/mol. The molecule has 31 heavy (non-hydrogen) atoms. The Morgan fingerprint density at radius 2 is 2.03 bits per heavy atom. The van der Waals surface area contributed by atoms with Crippen molar-refractivity contribution in [2.24, 2.45) is 0 Å². The minimum atomic E-state index is -0.417. The molecule has 8 heteroatoms. The van der Waals surface area contributed by atoms with Crippen molar-refractivity contribution in [1.82, 2.24) is 19.3 Å². The molecule has 0 saturated carbocycles. The second kappa shape index (κ2) is 9.04. The average Bonchev–Trinajstić information content (AvgIpc) is 3.19. The Hall–Kier alpha value is -3.60. The van der Waals surface area contributed by atoms with Crippen molar-refractivity contribution in [3.8, 4) is 11.8 Å². The first kappa shape index (κ1) is 20.7. The molecule has 0 unspecified atom stereocenters. The average molecular weight is 419 g/mol. The number of methoxy groups -OCH3 is 1. The number of piperidine rings is 1. The molecule has 2 aromatic heterocycles. The number of esters is 1. The van der Waals surface area contributed by atoms with Crippen molar-refractivity contribution >= 4 is 23.0 Å². The lowest BCUT2D eigenvalue weighted by molar-refractivity contribution is 0.0600. The number of carbonyl (C=O) groups is 1. The standard InChI is InChI=1S/C23H25N5O3/c1-3-4-13-27-20-19(25-23(27)26-11-6-5-7-12-26)15-24-28(21(20)29)16-17-9-8-10-18(14-17)22(30)31-2/h8-10,14-15H,5-7,11-13,16H2,1-2H3. The number of carbonyl (C=O) groups excluding carboxylic acids is 1. The molecule has 3 heterocycles. The van der Waals surface area contributed by atoms with E-state index >= 15 is 0 Å². The van der Waals surface area contributed by atoms with E-state index in [1.165, 1.54) is 18.2 Å². The third kappa shape index (κ3) is 4.17. The number of anilines is 1. The summed E-state index contributed by atoms with van der Waals surface area (Å²) >= 11 is 0. The second-order valence-electron chi connectivity index (χ2n) is 7.51. The van der Waals surface area contributed by atoms with Crippen molar-refractivity contribution in [2.75, 3.05) is 25.1 Å². The summed E-state index contributed by atoms with van der Waals surface area (Å²) < 4.78 is 8.09. The quantitative estimate of drug-likeness (QED) is 0.467. The van der Waals surface area contributed by atoms with Gasteiger partial charge in [-0.2, -0.15) is 5.10 Å². The number of aromatic nitrogens is 4. The third-order valence-corrected chi connectivity index (χ3v) is 5.46. The van der Waals surface area contributed by atoms with Gasteiger partial charge in [-0.25, -0.2) is 14.5 Å². The summed E-state index contributed by atoms with van der Waals surface area (Å²) in [5, 5.41) is 4.33. The SMILES string of the molecule is CC#CCn1c(N2CCCCC2)nc2cnn(Cc3cccc(C(=O)OC)c3)c(=O)c21. The van der Waals surface area contributed by atoms with E-state index in [2.05, 4.69) is 21.8 Å². The summed E-state index contributed by atoms with van der Waals surface area (Å²) in [6.07, 6.45) is 5.07. The van der Waals surface area contributed by atoms with Crippen LogP contribution < -0.4 is 10.5 Å². The summed E-state index contributed by atoms with van der Waals surface area (Å²) in [5.41, 5.74) is 2.07. The minimum Gasteiger partial charge on any atom is -0.465 e. The number of hydrogen-bond donors (Lipinski definition) is 0. The highest BCUT2D eigenvalue weighted by atomic mass is 16.5. The number of rotatable bonds is 5. The van der Waals surface area contributed by atoms with Crippen molar-refractivity contribution in [2.45, 2.75) is 39.3 Å². The number of nitrogens with zero attached hydrogens (tertiary/aromatic N) is 5. The summed E-state index contributed by atoms with van der Waals surface area (Å²) in [4.78, 5) is 32.1. The molecule has 0 aliphatic carbocycles. The van der Waals surface area contributed by atoms with Crippen molar-refractivity contribution in [3.63, 3.8) is 0 Å². The van der Waals surface area contributed by atoms with Crippen molar-refractivity contribution in [3.05, 3.63) is 51.9 Å². The van der Waals surface area contributed by atoms with Crippen LogP contribution in [0.5, 0.6) is 0 Å². The molecule has 0 amide bonds. The molecule has 1 aliphatic heterocycles. The Labute approximate surface area is 180 Å². The van der Waals surface area contributed by atoms with Gasteiger partial charge in [0.25, 0.3) is 5.56 Å². The van der Waals surface area contributed by atoms with Crippen molar-refractivity contribution < 1.29 is 9.53 Å². The number of benzene rings is 1. The Morgan fingerprint density at radius 1 is 1.23 bits per heavy atom. The first-order valence-corrected chi connectivity index (χ1v) is 10.4. The molecule has 0 atom stereocenters. The van der Waals surface area contributed by atoms with Gasteiger partial charge in [-0.15, -0.1) is 5.92 Å². The van der Waals surface area contributed by atoms with Gasteiger partial charge in [0.15, 0.2) is 0 Å². The van der Waals surface area contributed by atoms with Gasteiger partial charge in [0, 0.05) is 13.1 Å². The lowest BCUT2D eigenvalue weighted by Crippen LogP contribution is -2.32. The van der Waals surface area contributed by atoms with Gasteiger partial charge in [0.2, 0.25) is 5.95 Å². The van der Waals surface area contributed by atoms with E-state index in [4.69, 9.17) is 9.72 Å². The van der Waals surface area contributed by atoms with Gasteiger partial charge in [0.1, 0.15) is 11.0 Å². The van der Waals surface area contributed by atoms with Crippen LogP contribution in [-0.4, -0.2) is 45.5 Å². The summed E-state index contributed by atoms with van der Waals surface area (Å²) in [6.45, 7) is 4.27. The normalized spacial score (nSPS) is 13.7. The van der Waals surface area contributed by atoms with Gasteiger partial charge in [-0.05, 0) is 43.9 Å². The van der Waals surface area contributed by atoms with Crippen LogP contribution in [0.3, 0.4) is 0 Å². The van der Waals surface area contributed by atoms with Crippen LogP contribution in [0.4, 0.5) is 5.95 Å². The van der Waals surface area contributed by atoms with E-state index in [1.807, 2.05) is 10.6 Å². The van der Waals surface area contributed by atoms with Gasteiger partial charge < -0.3 is 9.64 Å². The fourth-order valence-electron chi connectivity index (χ4n) is 3.92. The zero-order valence-corrected chi connectivity index (χ0v) is 17.8. The lowest BCUT2D eigenvalue weighted by Gasteiger charge is -2.27. The van der Waals surface area contributed by atoms with Gasteiger partial charge in [0.05, 0.1) is 32.0 Å². The number of fused-ring (bicyclic) bond motifs is 1. The molecule has 4 rings (SSSR count). The molecule has 1 fully saturated rings. The fraction of sp³-hybridized carbons (Fsp3) is 0.391. The molecule has 160 valence electrons. The molecule has 0 radical (unpaired) electrons. The van der Waals surface area contributed by atoms with Gasteiger partial charge in [-0.1, -0.05) is 18.1 Å². The summed E-state index contributed by atoms with van der Waals surface area (Å²) in [7, 11) is 1.34. The maximum atomic E-state index is 13.4. The molecule has 1 aromatic carbocycles. The van der Waals surface area contributed by atoms with Gasteiger partial charge >= 0.3 is 5.97 Å². The number of ether oxygens (including phenoxy) is 1. The molecule has 3 aromatic rings. The van der Waals surface area contributed by atoms with Crippen LogP contribution in [0.15, 0.2) is 35.3 Å². The number of imidazole rings is 1. The lowest BCUT2D eigenvalue weighted by atomic mass is 10.1. The first-order chi connectivity index (χ1) is 15.1. The Bertz CT molecular complexity index is 1230. The maximum Gasteiger partial charge on any atom is 0.337 e. The van der Waals surface area contributed by atoms with Crippen LogP contribution in [0.25, 0.3) is 11.0 Å². The largest absolute Gasteiger partial charge is 0.465 e. The van der Waals surface area contributed by atoms with E-state index in [9.17, 15) is 9.59 Å². The van der Waals surface area contributed by atoms with Crippen molar-refractivity contribution in [1.29, 1.82) is 0 Å². The van der Waals surface area contributed by atoms with Gasteiger partial charge in [-0.3, -0.25) is 9.36 Å². The van der Waals surface area contributed by atoms with E-state index in [0.717, 1.165) is 37.4 Å². The number of hydrogen-bond acceptors (Lipinski definition) is 6. The molecule has 0 bridgehead atoms. The van der Waals surface area contributed by atoms with E-state index in [-0.39, 0.29) is 12.1 Å². The van der Waals surface area contributed by atoms with E-state index < -0.39 is 5.97 Å². The highest BCUT2D eigenvalue weighted by Crippen LogP contribution is 2.23. The zero-order valence-electron chi connectivity index (χ0n) is 17.8. The van der Waals surface area contributed by atoms with Crippen LogP contribution >= 0.6 is 0 Å². The van der Waals surface area contributed by atoms with Crippen LogP contribution in [0.2, 0.25) is 0 Å². The van der Waals surface area contributed by atoms with E-state index in [0.29, 0.717) is 23.1 Å². The predicted octanol–water partition coefficient (Wildman–Crippen LogP) is 2.44. The van der Waals surface area contributed by atoms with E-state index in [1.54, 1.807) is 31.3 Å². The molecule has 1 aliphatic rings. The topological polar surface area (TPSA) is 82.2 Å². The Balaban J connectivity index is 1.76. The predicted molar refractivity (Wildman–Crippen MR) is 118 cm³/mol. The highest BCUT2D eigenvalue weighted by molar-refractivity contribution is 5.89. The first-order valence-electron chi connectivity index (χ1n) is 10.4. The maximum absolute atomic E-state index is 13.4. The van der Waals surface area contributed by atoms with Crippen LogP contribution in [0.1, 0.15) is 42.1 Å². The Kier molecular flexibility index (Phi) is 6.03. The van der Waals surface area contributed by atoms with Crippen LogP contribution in [0, 0.1) is 11.8 Å². The second-order valence-corrected chi connectivity index (χ2v) is 7.51. The zero-order chi connectivity index (χ0) is 21.8. The minimum absolute atomic E-state index is 0.227. The molecule has 0 spiro atoms. The summed E-state index contributed by atoms with van der Waals surface area (Å²) in [5.74, 6) is 6.35. The monoisotopic (exact) mass is 419 g/mol. The highest BCUT2D eigenvalue weighted by Gasteiger charge is 2.21. The van der Waals surface area contributed by atoms with Crippen LogP contribution in [-0.2, 0) is 17.8 Å². The fourth-order valence-corrected chi connectivity index (χ4v) is 3.92. The smallest absolute Gasteiger partial charge is 0.337 e. The summed E-state index contributed by atoms with van der Waals surface area (Å²) in [6, 6.07) is 7.01. The molecular formula is C23H25N5O3. The molecule has 0 N–H and O–H groups in total. The molecule has 8 nitrogen and oxygen atoms in total.